The number of halogens is 3. The Morgan fingerprint density at radius 1 is 1.15 bits per heavy atom. The summed E-state index contributed by atoms with van der Waals surface area (Å²) in [6, 6.07) is 6.58. The van der Waals surface area contributed by atoms with Crippen LogP contribution in [0.1, 0.15) is 44.9 Å². The molecule has 0 fully saturated rings. The quantitative estimate of drug-likeness (QED) is 0.443. The third-order valence-electron chi connectivity index (χ3n) is 4.02. The second kappa shape index (κ2) is 9.56. The summed E-state index contributed by atoms with van der Waals surface area (Å²) < 4.78 is 44.1. The van der Waals surface area contributed by atoms with Gasteiger partial charge in [-0.25, -0.2) is 14.9 Å². The van der Waals surface area contributed by atoms with Crippen molar-refractivity contribution in [2.75, 3.05) is 12.2 Å². The van der Waals surface area contributed by atoms with Crippen LogP contribution in [-0.4, -0.2) is 31.6 Å². The summed E-state index contributed by atoms with van der Waals surface area (Å²) >= 11 is 0. The molecule has 26 heavy (non-hydrogen) atoms. The number of carbonyl (C=O) groups is 1. The molecule has 0 radical (unpaired) electrons. The molecule has 1 atom stereocenters. The predicted molar refractivity (Wildman–Crippen MR) is 92.2 cm³/mol. The van der Waals surface area contributed by atoms with Crippen molar-refractivity contribution in [1.29, 1.82) is 0 Å². The van der Waals surface area contributed by atoms with Crippen LogP contribution in [0.15, 0.2) is 29.3 Å². The summed E-state index contributed by atoms with van der Waals surface area (Å²) in [5, 5.41) is 1.16. The molecule has 0 N–H and O–H groups in total. The van der Waals surface area contributed by atoms with Gasteiger partial charge in [0.2, 0.25) is 0 Å². The van der Waals surface area contributed by atoms with Gasteiger partial charge in [0.25, 0.3) is 6.23 Å². The predicted octanol–water partition coefficient (Wildman–Crippen LogP) is 4.66. The van der Waals surface area contributed by atoms with Gasteiger partial charge in [-0.3, -0.25) is 0 Å². The number of benzene rings is 1. The highest BCUT2D eigenvalue weighted by Crippen LogP contribution is 2.33. The van der Waals surface area contributed by atoms with Gasteiger partial charge in [-0.1, -0.05) is 19.3 Å². The van der Waals surface area contributed by atoms with E-state index < -0.39 is 12.4 Å². The minimum Gasteiger partial charge on any atom is -0.497 e. The molecular formula is C18H23F3N2O3. The van der Waals surface area contributed by atoms with Gasteiger partial charge in [0.05, 0.1) is 12.8 Å². The van der Waals surface area contributed by atoms with Gasteiger partial charge in [0, 0.05) is 12.8 Å². The van der Waals surface area contributed by atoms with Crippen LogP contribution in [0.4, 0.5) is 18.9 Å². The van der Waals surface area contributed by atoms with E-state index in [0.29, 0.717) is 30.7 Å². The fourth-order valence-corrected chi connectivity index (χ4v) is 2.64. The van der Waals surface area contributed by atoms with Gasteiger partial charge in [-0.05, 0) is 37.1 Å². The number of carbonyl (C=O) groups excluding carboxylic acids is 1. The lowest BCUT2D eigenvalue weighted by molar-refractivity contribution is -0.211. The molecule has 0 saturated heterocycles. The Balaban J connectivity index is 1.96. The molecule has 0 bridgehead atoms. The van der Waals surface area contributed by atoms with Gasteiger partial charge in [-0.15, -0.1) is 0 Å². The van der Waals surface area contributed by atoms with Crippen LogP contribution in [0.2, 0.25) is 0 Å². The van der Waals surface area contributed by atoms with Crippen molar-refractivity contribution < 1.29 is 27.5 Å². The van der Waals surface area contributed by atoms with Gasteiger partial charge in [-0.2, -0.15) is 13.2 Å². The van der Waals surface area contributed by atoms with E-state index in [9.17, 15) is 18.0 Å². The van der Waals surface area contributed by atoms with E-state index in [1.54, 1.807) is 24.3 Å². The second-order valence-corrected chi connectivity index (χ2v) is 6.01. The number of aliphatic imine (C=N–C) groups is 1. The number of hydroxylamine groups is 1. The number of anilines is 1. The molecule has 1 aliphatic rings. The molecule has 1 aromatic rings. The van der Waals surface area contributed by atoms with Crippen molar-refractivity contribution in [2.24, 2.45) is 4.99 Å². The van der Waals surface area contributed by atoms with E-state index in [0.717, 1.165) is 37.0 Å². The summed E-state index contributed by atoms with van der Waals surface area (Å²) in [7, 11) is 1.52. The number of hydrogen-bond acceptors (Lipinski definition) is 5. The molecule has 144 valence electrons. The zero-order valence-corrected chi connectivity index (χ0v) is 14.7. The molecule has 0 aliphatic carbocycles. The molecule has 0 saturated carbocycles. The molecule has 1 aromatic carbocycles. The van der Waals surface area contributed by atoms with E-state index >= 15 is 0 Å². The van der Waals surface area contributed by atoms with E-state index in [4.69, 9.17) is 9.57 Å². The number of alkyl halides is 3. The number of unbranched alkanes of at least 4 members (excludes halogenated alkanes) is 5. The van der Waals surface area contributed by atoms with Crippen LogP contribution >= 0.6 is 0 Å². The van der Waals surface area contributed by atoms with Crippen molar-refractivity contribution in [2.45, 2.75) is 57.3 Å². The monoisotopic (exact) mass is 372 g/mol. The first kappa shape index (κ1) is 20.2. The Labute approximate surface area is 150 Å². The number of ether oxygens (including phenoxy) is 1. The summed E-state index contributed by atoms with van der Waals surface area (Å²) in [5.41, 5.74) is 0.474. The van der Waals surface area contributed by atoms with Crippen LogP contribution < -0.4 is 9.80 Å². The molecule has 2 rings (SSSR count). The van der Waals surface area contributed by atoms with Crippen molar-refractivity contribution in [1.82, 2.24) is 0 Å². The third-order valence-corrected chi connectivity index (χ3v) is 4.02. The molecule has 8 heteroatoms. The summed E-state index contributed by atoms with van der Waals surface area (Å²) in [6.45, 7) is 0. The highest BCUT2D eigenvalue weighted by molar-refractivity contribution is 5.97. The van der Waals surface area contributed by atoms with Gasteiger partial charge in [0.1, 0.15) is 17.9 Å². The topological polar surface area (TPSA) is 51.1 Å². The standard InChI is InChI=1S/C18H23F3N2O3/c1-25-15-11-9-14(10-12-15)23-16(22-17(26-23)18(19,20)21)8-6-4-2-3-5-7-13-24/h9-13,17H,2-8H2,1H3. The molecular weight excluding hydrogens is 349 g/mol. The average molecular weight is 372 g/mol. The van der Waals surface area contributed by atoms with E-state index in [-0.39, 0.29) is 5.84 Å². The van der Waals surface area contributed by atoms with Crippen LogP contribution in [0.3, 0.4) is 0 Å². The minimum absolute atomic E-state index is 0.269. The maximum absolute atomic E-state index is 13.0. The van der Waals surface area contributed by atoms with Crippen molar-refractivity contribution in [3.63, 3.8) is 0 Å². The van der Waals surface area contributed by atoms with Gasteiger partial charge < -0.3 is 9.53 Å². The normalized spacial score (nSPS) is 17.3. The molecule has 0 aromatic heterocycles. The van der Waals surface area contributed by atoms with Crippen molar-refractivity contribution in [3.8, 4) is 5.75 Å². The average Bonchev–Trinajstić information content (AvgIpc) is 3.05. The van der Waals surface area contributed by atoms with Crippen LogP contribution in [0.5, 0.6) is 5.75 Å². The van der Waals surface area contributed by atoms with Crippen LogP contribution in [-0.2, 0) is 9.63 Å². The lowest BCUT2D eigenvalue weighted by Crippen LogP contribution is -2.32. The molecule has 5 nitrogen and oxygen atoms in total. The van der Waals surface area contributed by atoms with E-state index in [1.165, 1.54) is 7.11 Å². The zero-order valence-electron chi connectivity index (χ0n) is 14.7. The Kier molecular flexibility index (Phi) is 7.44. The van der Waals surface area contributed by atoms with Crippen LogP contribution in [0, 0.1) is 0 Å². The first-order chi connectivity index (χ1) is 12.5. The number of hydrogen-bond donors (Lipinski definition) is 0. The molecule has 1 unspecified atom stereocenters. The van der Waals surface area contributed by atoms with E-state index in [1.807, 2.05) is 0 Å². The Bertz CT molecular complexity index is 603. The van der Waals surface area contributed by atoms with Crippen molar-refractivity contribution in [3.05, 3.63) is 24.3 Å². The minimum atomic E-state index is -4.55. The fourth-order valence-electron chi connectivity index (χ4n) is 2.64. The largest absolute Gasteiger partial charge is 0.497 e. The summed E-state index contributed by atoms with van der Waals surface area (Å²) in [4.78, 5) is 19.0. The number of rotatable bonds is 10. The maximum Gasteiger partial charge on any atom is 0.437 e. The van der Waals surface area contributed by atoms with Gasteiger partial charge in [0.15, 0.2) is 0 Å². The summed E-state index contributed by atoms with van der Waals surface area (Å²) in [5.74, 6) is 0.875. The highest BCUT2D eigenvalue weighted by atomic mass is 19.4. The highest BCUT2D eigenvalue weighted by Gasteiger charge is 2.47. The Morgan fingerprint density at radius 2 is 1.81 bits per heavy atom. The fraction of sp³-hybridized carbons (Fsp3) is 0.556. The van der Waals surface area contributed by atoms with Gasteiger partial charge >= 0.3 is 6.18 Å². The maximum atomic E-state index is 13.0. The molecule has 1 aliphatic heterocycles. The lowest BCUT2D eigenvalue weighted by Gasteiger charge is -2.21. The van der Waals surface area contributed by atoms with Crippen LogP contribution in [0.25, 0.3) is 0 Å². The second-order valence-electron chi connectivity index (χ2n) is 6.01. The smallest absolute Gasteiger partial charge is 0.437 e. The number of nitrogens with zero attached hydrogens (tertiary/aromatic N) is 2. The first-order valence-corrected chi connectivity index (χ1v) is 8.63. The lowest BCUT2D eigenvalue weighted by atomic mass is 10.1. The Hall–Kier alpha value is -2.09. The molecule has 0 amide bonds. The molecule has 1 heterocycles. The number of methoxy groups -OCH3 is 1. The zero-order chi connectivity index (χ0) is 19.0. The third kappa shape index (κ3) is 5.72. The summed E-state index contributed by atoms with van der Waals surface area (Å²) in [6.07, 6.45) is -0.580. The van der Waals surface area contributed by atoms with E-state index in [2.05, 4.69) is 4.99 Å². The molecule has 0 spiro atoms. The van der Waals surface area contributed by atoms with Crippen molar-refractivity contribution >= 4 is 17.8 Å². The number of amidine groups is 1. The first-order valence-electron chi connectivity index (χ1n) is 8.63. The Morgan fingerprint density at radius 3 is 2.42 bits per heavy atom. The number of aldehydes is 1. The SMILES string of the molecule is COc1ccc(N2OC(C(F)(F)F)N=C2CCCCCCCC=O)cc1.